The van der Waals surface area contributed by atoms with Gasteiger partial charge in [-0.2, -0.15) is 0 Å². The van der Waals surface area contributed by atoms with Crippen LogP contribution in [0.5, 0.6) is 0 Å². The summed E-state index contributed by atoms with van der Waals surface area (Å²) in [7, 11) is 0. The fraction of sp³-hybridized carbons (Fsp3) is 0.0400. The van der Waals surface area contributed by atoms with E-state index in [0.717, 1.165) is 11.1 Å². The number of amides is 2. The molecule has 0 radical (unpaired) electrons. The van der Waals surface area contributed by atoms with Crippen molar-refractivity contribution < 1.29 is 19.5 Å². The van der Waals surface area contributed by atoms with E-state index in [0.29, 0.717) is 21.8 Å². The molecule has 4 rings (SSSR count). The van der Waals surface area contributed by atoms with Gasteiger partial charge in [-0.25, -0.2) is 0 Å². The predicted molar refractivity (Wildman–Crippen MR) is 131 cm³/mol. The molecular weight excluding hydrogens is 460 g/mol. The molecule has 1 saturated heterocycles. The van der Waals surface area contributed by atoms with Crippen LogP contribution >= 0.6 is 23.8 Å². The first-order valence-corrected chi connectivity index (χ1v) is 10.7. The van der Waals surface area contributed by atoms with Gasteiger partial charge in [-0.15, -0.1) is 0 Å². The Morgan fingerprint density at radius 2 is 1.67 bits per heavy atom. The van der Waals surface area contributed by atoms with Gasteiger partial charge in [0.05, 0.1) is 12.1 Å². The molecule has 8 heteroatoms. The zero-order valence-corrected chi connectivity index (χ0v) is 18.7. The lowest BCUT2D eigenvalue weighted by Crippen LogP contribution is -2.54. The zero-order valence-electron chi connectivity index (χ0n) is 17.1. The van der Waals surface area contributed by atoms with Gasteiger partial charge in [0.25, 0.3) is 11.8 Å². The number of nitrogens with one attached hydrogen (secondary N) is 1. The summed E-state index contributed by atoms with van der Waals surface area (Å²) in [6, 6.07) is 21.0. The van der Waals surface area contributed by atoms with Crippen LogP contribution in [0.1, 0.15) is 11.1 Å². The summed E-state index contributed by atoms with van der Waals surface area (Å²) in [6.45, 7) is 0. The zero-order chi connectivity index (χ0) is 23.5. The van der Waals surface area contributed by atoms with Crippen LogP contribution in [-0.2, 0) is 20.8 Å². The second-order valence-corrected chi connectivity index (χ2v) is 8.11. The Labute approximate surface area is 200 Å². The molecule has 6 nitrogen and oxygen atoms in total. The number of carbonyl (C=O) groups is 3. The molecule has 1 fully saturated rings. The maximum atomic E-state index is 13.1. The van der Waals surface area contributed by atoms with Crippen LogP contribution in [0.4, 0.5) is 5.69 Å². The van der Waals surface area contributed by atoms with Gasteiger partial charge in [0.1, 0.15) is 5.57 Å². The minimum Gasteiger partial charge on any atom is -0.481 e. The lowest BCUT2D eigenvalue weighted by molar-refractivity contribution is -0.136. The Balaban J connectivity index is 1.64. The number of halogens is 1. The fourth-order valence-electron chi connectivity index (χ4n) is 3.53. The molecule has 0 atom stereocenters. The summed E-state index contributed by atoms with van der Waals surface area (Å²) < 4.78 is 0. The molecule has 0 unspecified atom stereocenters. The maximum absolute atomic E-state index is 13.1. The highest BCUT2D eigenvalue weighted by atomic mass is 35.5. The van der Waals surface area contributed by atoms with Crippen molar-refractivity contribution in [2.75, 3.05) is 4.90 Å². The number of aliphatic carboxylic acids is 1. The number of rotatable bonds is 5. The summed E-state index contributed by atoms with van der Waals surface area (Å²) in [5.41, 5.74) is 3.41. The first-order chi connectivity index (χ1) is 15.8. The highest BCUT2D eigenvalue weighted by Crippen LogP contribution is 2.27. The van der Waals surface area contributed by atoms with Gasteiger partial charge in [0.15, 0.2) is 5.11 Å². The minimum atomic E-state index is -0.909. The third-order valence-corrected chi connectivity index (χ3v) is 5.61. The number of hydrogen-bond acceptors (Lipinski definition) is 4. The van der Waals surface area contributed by atoms with Crippen molar-refractivity contribution in [1.82, 2.24) is 5.32 Å². The van der Waals surface area contributed by atoms with Crippen molar-refractivity contribution in [3.8, 4) is 11.1 Å². The van der Waals surface area contributed by atoms with Crippen molar-refractivity contribution in [1.29, 1.82) is 0 Å². The van der Waals surface area contributed by atoms with E-state index < -0.39 is 17.8 Å². The Kier molecular flexibility index (Phi) is 6.35. The molecule has 0 saturated carbocycles. The first kappa shape index (κ1) is 22.4. The number of nitrogens with zero attached hydrogens (tertiary/aromatic N) is 1. The van der Waals surface area contributed by atoms with Crippen LogP contribution in [-0.4, -0.2) is 28.0 Å². The molecular formula is C25H17ClN2O4S. The monoisotopic (exact) mass is 476 g/mol. The number of carboxylic acid groups (broad SMARTS) is 1. The van der Waals surface area contributed by atoms with Gasteiger partial charge in [-0.3, -0.25) is 24.6 Å². The van der Waals surface area contributed by atoms with E-state index in [9.17, 15) is 14.4 Å². The van der Waals surface area contributed by atoms with Gasteiger partial charge in [-0.05, 0) is 64.8 Å². The summed E-state index contributed by atoms with van der Waals surface area (Å²) in [4.78, 5) is 38.0. The van der Waals surface area contributed by atoms with Crippen LogP contribution in [0.15, 0.2) is 78.4 Å². The van der Waals surface area contributed by atoms with E-state index >= 15 is 0 Å². The summed E-state index contributed by atoms with van der Waals surface area (Å²) in [5.74, 6) is -2.03. The number of anilines is 1. The third-order valence-electron chi connectivity index (χ3n) is 5.08. The number of carboxylic acids is 1. The van der Waals surface area contributed by atoms with Crippen molar-refractivity contribution in [2.24, 2.45) is 0 Å². The Morgan fingerprint density at radius 1 is 1.00 bits per heavy atom. The molecule has 1 aliphatic rings. The largest absolute Gasteiger partial charge is 0.481 e. The predicted octanol–water partition coefficient (Wildman–Crippen LogP) is 4.47. The molecule has 0 spiro atoms. The van der Waals surface area contributed by atoms with Gasteiger partial charge in [0, 0.05) is 5.02 Å². The van der Waals surface area contributed by atoms with E-state index in [2.05, 4.69) is 5.32 Å². The van der Waals surface area contributed by atoms with Crippen molar-refractivity contribution in [3.63, 3.8) is 0 Å². The fourth-order valence-corrected chi connectivity index (χ4v) is 3.93. The summed E-state index contributed by atoms with van der Waals surface area (Å²) in [6.07, 6.45) is 1.41. The third kappa shape index (κ3) is 4.84. The normalized spacial score (nSPS) is 15.0. The molecule has 3 aromatic rings. The second kappa shape index (κ2) is 9.36. The molecule has 1 heterocycles. The standard InChI is InChI=1S/C25H17ClN2O4S/c26-18-9-11-19(12-10-18)28-24(32)21(23(31)27-25(28)33)13-15-5-7-16(8-6-15)20-4-2-1-3-17(20)14-22(29)30/h1-13H,14H2,(H,29,30)(H,27,31,33). The molecule has 1 aliphatic heterocycles. The molecule has 3 aromatic carbocycles. The second-order valence-electron chi connectivity index (χ2n) is 7.28. The number of thiocarbonyl (C=S) groups is 1. The smallest absolute Gasteiger partial charge is 0.307 e. The molecule has 0 bridgehead atoms. The van der Waals surface area contributed by atoms with Crippen molar-refractivity contribution in [2.45, 2.75) is 6.42 Å². The highest BCUT2D eigenvalue weighted by molar-refractivity contribution is 7.80. The van der Waals surface area contributed by atoms with E-state index in [1.54, 1.807) is 48.5 Å². The lowest BCUT2D eigenvalue weighted by atomic mass is 9.96. The van der Waals surface area contributed by atoms with Gasteiger partial charge in [-0.1, -0.05) is 60.1 Å². The van der Waals surface area contributed by atoms with Crippen LogP contribution in [0.2, 0.25) is 5.02 Å². The average Bonchev–Trinajstić information content (AvgIpc) is 2.78. The topological polar surface area (TPSA) is 86.7 Å². The van der Waals surface area contributed by atoms with Crippen molar-refractivity contribution >= 4 is 58.5 Å². The number of hydrogen-bond donors (Lipinski definition) is 2. The van der Waals surface area contributed by atoms with E-state index in [1.165, 1.54) is 11.0 Å². The van der Waals surface area contributed by atoms with Gasteiger partial charge < -0.3 is 5.11 Å². The molecule has 33 heavy (non-hydrogen) atoms. The molecule has 0 aliphatic carbocycles. The van der Waals surface area contributed by atoms with E-state index in [1.807, 2.05) is 24.3 Å². The van der Waals surface area contributed by atoms with Crippen molar-refractivity contribution in [3.05, 3.63) is 94.5 Å². The Bertz CT molecular complexity index is 1300. The van der Waals surface area contributed by atoms with Crippen LogP contribution in [0.25, 0.3) is 17.2 Å². The van der Waals surface area contributed by atoms with Crippen LogP contribution < -0.4 is 10.2 Å². The molecule has 164 valence electrons. The molecule has 0 aromatic heterocycles. The van der Waals surface area contributed by atoms with Gasteiger partial charge >= 0.3 is 5.97 Å². The minimum absolute atomic E-state index is 0.00476. The summed E-state index contributed by atoms with van der Waals surface area (Å²) >= 11 is 11.1. The molecule has 2 N–H and O–H groups in total. The van der Waals surface area contributed by atoms with Crippen LogP contribution in [0, 0.1) is 0 Å². The Hall–Kier alpha value is -3.81. The molecule has 2 amide bonds. The first-order valence-electron chi connectivity index (χ1n) is 9.90. The number of carbonyl (C=O) groups excluding carboxylic acids is 2. The SMILES string of the molecule is O=C(O)Cc1ccccc1-c1ccc(C=C2C(=O)NC(=S)N(c3ccc(Cl)cc3)C2=O)cc1. The lowest BCUT2D eigenvalue weighted by Gasteiger charge is -2.28. The number of benzene rings is 3. The summed E-state index contributed by atoms with van der Waals surface area (Å²) in [5, 5.41) is 12.2. The van der Waals surface area contributed by atoms with Gasteiger partial charge in [0.2, 0.25) is 0 Å². The average molecular weight is 477 g/mol. The quantitative estimate of drug-likeness (QED) is 0.322. The van der Waals surface area contributed by atoms with E-state index in [-0.39, 0.29) is 17.1 Å². The van der Waals surface area contributed by atoms with Crippen LogP contribution in [0.3, 0.4) is 0 Å². The highest BCUT2D eigenvalue weighted by Gasteiger charge is 2.34. The maximum Gasteiger partial charge on any atom is 0.307 e. The van der Waals surface area contributed by atoms with E-state index in [4.69, 9.17) is 28.9 Å². The Morgan fingerprint density at radius 3 is 2.33 bits per heavy atom.